The third-order valence-electron chi connectivity index (χ3n) is 2.85. The van der Waals surface area contributed by atoms with Crippen LogP contribution in [0.5, 0.6) is 0 Å². The Kier molecular flexibility index (Phi) is 7.06. The largest absolute Gasteiger partial charge is 0.396 e. The van der Waals surface area contributed by atoms with Gasteiger partial charge in [-0.1, -0.05) is 24.3 Å². The third kappa shape index (κ3) is 5.29. The van der Waals surface area contributed by atoms with E-state index in [0.29, 0.717) is 19.5 Å². The molecule has 0 atom stereocenters. The second kappa shape index (κ2) is 8.66. The molecular weight excluding hydrogens is 228 g/mol. The van der Waals surface area contributed by atoms with Gasteiger partial charge in [-0.2, -0.15) is 0 Å². The second-order valence-corrected chi connectivity index (χ2v) is 4.28. The van der Waals surface area contributed by atoms with Gasteiger partial charge >= 0.3 is 0 Å². The Hall–Kier alpha value is -1.39. The number of nitrogens with one attached hydrogen (secondary N) is 1. The molecule has 18 heavy (non-hydrogen) atoms. The number of benzene rings is 1. The van der Waals surface area contributed by atoms with E-state index in [0.717, 1.165) is 30.4 Å². The number of aliphatic hydroxyl groups excluding tert-OH is 1. The lowest BCUT2D eigenvalue weighted by atomic mass is 10.0. The van der Waals surface area contributed by atoms with Gasteiger partial charge in [-0.3, -0.25) is 4.79 Å². The van der Waals surface area contributed by atoms with Gasteiger partial charge in [-0.05, 0) is 30.4 Å². The zero-order chi connectivity index (χ0) is 13.2. The van der Waals surface area contributed by atoms with Gasteiger partial charge in [0.05, 0.1) is 6.42 Å². The molecule has 1 rings (SSSR count). The van der Waals surface area contributed by atoms with Crippen LogP contribution in [0.15, 0.2) is 24.3 Å². The van der Waals surface area contributed by atoms with Crippen molar-refractivity contribution in [1.29, 1.82) is 0 Å². The molecule has 1 aromatic rings. The average molecular weight is 250 g/mol. The maximum absolute atomic E-state index is 11.7. The number of carbonyl (C=O) groups is 1. The highest BCUT2D eigenvalue weighted by molar-refractivity contribution is 5.78. The highest BCUT2D eigenvalue weighted by Crippen LogP contribution is 2.08. The van der Waals surface area contributed by atoms with Crippen molar-refractivity contribution in [2.45, 2.75) is 32.2 Å². The lowest BCUT2D eigenvalue weighted by Crippen LogP contribution is -2.26. The summed E-state index contributed by atoms with van der Waals surface area (Å²) < 4.78 is 0. The van der Waals surface area contributed by atoms with Crippen LogP contribution in [0.2, 0.25) is 0 Å². The smallest absolute Gasteiger partial charge is 0.224 e. The first kappa shape index (κ1) is 14.7. The van der Waals surface area contributed by atoms with Gasteiger partial charge < -0.3 is 16.2 Å². The van der Waals surface area contributed by atoms with E-state index in [2.05, 4.69) is 5.32 Å². The molecule has 4 N–H and O–H groups in total. The van der Waals surface area contributed by atoms with Crippen LogP contribution in [-0.2, 0) is 17.8 Å². The Labute approximate surface area is 108 Å². The summed E-state index contributed by atoms with van der Waals surface area (Å²) in [5.41, 5.74) is 7.64. The van der Waals surface area contributed by atoms with Gasteiger partial charge in [0.1, 0.15) is 0 Å². The van der Waals surface area contributed by atoms with Crippen molar-refractivity contribution in [3.8, 4) is 0 Å². The summed E-state index contributed by atoms with van der Waals surface area (Å²) in [6, 6.07) is 7.74. The van der Waals surface area contributed by atoms with Crippen molar-refractivity contribution in [2.75, 3.05) is 13.2 Å². The Morgan fingerprint density at radius 2 is 1.89 bits per heavy atom. The summed E-state index contributed by atoms with van der Waals surface area (Å²) in [4.78, 5) is 11.7. The second-order valence-electron chi connectivity index (χ2n) is 4.28. The topological polar surface area (TPSA) is 75.4 Å². The number of aliphatic hydroxyl groups is 1. The molecule has 0 saturated carbocycles. The van der Waals surface area contributed by atoms with Crippen molar-refractivity contribution in [1.82, 2.24) is 5.32 Å². The summed E-state index contributed by atoms with van der Waals surface area (Å²) in [6.45, 7) is 1.35. The zero-order valence-electron chi connectivity index (χ0n) is 10.7. The highest BCUT2D eigenvalue weighted by Gasteiger charge is 2.05. The SMILES string of the molecule is NCc1ccccc1CC(=O)NCCCCCO. The molecule has 0 spiro atoms. The predicted octanol–water partition coefficient (Wildman–Crippen LogP) is 0.967. The molecule has 0 saturated heterocycles. The first-order valence-electron chi connectivity index (χ1n) is 6.42. The first-order valence-corrected chi connectivity index (χ1v) is 6.42. The minimum atomic E-state index is 0.0277. The maximum atomic E-state index is 11.7. The van der Waals surface area contributed by atoms with Crippen molar-refractivity contribution in [2.24, 2.45) is 5.73 Å². The van der Waals surface area contributed by atoms with Crippen molar-refractivity contribution >= 4 is 5.91 Å². The van der Waals surface area contributed by atoms with E-state index < -0.39 is 0 Å². The normalized spacial score (nSPS) is 10.3. The number of hydrogen-bond donors (Lipinski definition) is 3. The van der Waals surface area contributed by atoms with E-state index >= 15 is 0 Å². The van der Waals surface area contributed by atoms with Crippen LogP contribution < -0.4 is 11.1 Å². The molecule has 0 aliphatic rings. The van der Waals surface area contributed by atoms with Gasteiger partial charge in [0.25, 0.3) is 0 Å². The van der Waals surface area contributed by atoms with Gasteiger partial charge in [0.2, 0.25) is 5.91 Å². The van der Waals surface area contributed by atoms with Crippen LogP contribution in [0.25, 0.3) is 0 Å². The molecule has 4 heteroatoms. The highest BCUT2D eigenvalue weighted by atomic mass is 16.2. The molecule has 0 unspecified atom stereocenters. The van der Waals surface area contributed by atoms with Crippen LogP contribution in [-0.4, -0.2) is 24.2 Å². The van der Waals surface area contributed by atoms with Crippen LogP contribution in [0.4, 0.5) is 0 Å². The summed E-state index contributed by atoms with van der Waals surface area (Å²) in [5, 5.41) is 11.5. The fourth-order valence-corrected chi connectivity index (χ4v) is 1.81. The Morgan fingerprint density at radius 1 is 1.17 bits per heavy atom. The molecule has 1 aromatic carbocycles. The molecule has 0 heterocycles. The minimum absolute atomic E-state index is 0.0277. The molecule has 0 aromatic heterocycles. The lowest BCUT2D eigenvalue weighted by molar-refractivity contribution is -0.120. The Balaban J connectivity index is 2.31. The van der Waals surface area contributed by atoms with Crippen molar-refractivity contribution in [3.05, 3.63) is 35.4 Å². The van der Waals surface area contributed by atoms with Crippen LogP contribution in [0.3, 0.4) is 0 Å². The molecule has 0 aliphatic carbocycles. The van der Waals surface area contributed by atoms with E-state index in [9.17, 15) is 4.79 Å². The van der Waals surface area contributed by atoms with Crippen LogP contribution in [0, 0.1) is 0 Å². The monoisotopic (exact) mass is 250 g/mol. The number of amides is 1. The molecule has 100 valence electrons. The fraction of sp³-hybridized carbons (Fsp3) is 0.500. The molecule has 0 bridgehead atoms. The number of carbonyl (C=O) groups excluding carboxylic acids is 1. The van der Waals surface area contributed by atoms with Crippen molar-refractivity contribution < 1.29 is 9.90 Å². The average Bonchev–Trinajstić information content (AvgIpc) is 2.39. The molecule has 0 fully saturated rings. The van der Waals surface area contributed by atoms with Gasteiger partial charge in [-0.25, -0.2) is 0 Å². The first-order chi connectivity index (χ1) is 8.77. The van der Waals surface area contributed by atoms with Gasteiger partial charge in [0.15, 0.2) is 0 Å². The fourth-order valence-electron chi connectivity index (χ4n) is 1.81. The standard InChI is InChI=1S/C14H22N2O2/c15-11-13-7-3-2-6-12(13)10-14(18)16-8-4-1-5-9-17/h2-3,6-7,17H,1,4-5,8-11,15H2,(H,16,18). The summed E-state index contributed by atoms with van der Waals surface area (Å²) >= 11 is 0. The summed E-state index contributed by atoms with van der Waals surface area (Å²) in [6.07, 6.45) is 3.03. The molecule has 0 aliphatic heterocycles. The number of hydrogen-bond acceptors (Lipinski definition) is 3. The summed E-state index contributed by atoms with van der Waals surface area (Å²) in [5.74, 6) is 0.0277. The number of unbranched alkanes of at least 4 members (excludes halogenated alkanes) is 2. The van der Waals surface area contributed by atoms with Gasteiger partial charge in [0, 0.05) is 19.7 Å². The molecule has 4 nitrogen and oxygen atoms in total. The van der Waals surface area contributed by atoms with E-state index in [1.807, 2.05) is 24.3 Å². The van der Waals surface area contributed by atoms with E-state index in [1.165, 1.54) is 0 Å². The van der Waals surface area contributed by atoms with E-state index in [1.54, 1.807) is 0 Å². The zero-order valence-corrected chi connectivity index (χ0v) is 10.7. The molecule has 0 radical (unpaired) electrons. The lowest BCUT2D eigenvalue weighted by Gasteiger charge is -2.08. The number of nitrogens with two attached hydrogens (primary N) is 1. The maximum Gasteiger partial charge on any atom is 0.224 e. The predicted molar refractivity (Wildman–Crippen MR) is 72.0 cm³/mol. The van der Waals surface area contributed by atoms with Crippen molar-refractivity contribution in [3.63, 3.8) is 0 Å². The Bertz CT molecular complexity index is 367. The summed E-state index contributed by atoms with van der Waals surface area (Å²) in [7, 11) is 0. The van der Waals surface area contributed by atoms with Gasteiger partial charge in [-0.15, -0.1) is 0 Å². The Morgan fingerprint density at radius 3 is 2.56 bits per heavy atom. The van der Waals surface area contributed by atoms with E-state index in [-0.39, 0.29) is 12.5 Å². The van der Waals surface area contributed by atoms with E-state index in [4.69, 9.17) is 10.8 Å². The molecular formula is C14H22N2O2. The van der Waals surface area contributed by atoms with Crippen LogP contribution in [0.1, 0.15) is 30.4 Å². The molecule has 1 amide bonds. The minimum Gasteiger partial charge on any atom is -0.396 e. The quantitative estimate of drug-likeness (QED) is 0.602. The number of rotatable bonds is 8. The third-order valence-corrected chi connectivity index (χ3v) is 2.85. The van der Waals surface area contributed by atoms with Crippen LogP contribution >= 0.6 is 0 Å².